The molecule has 0 atom stereocenters. The summed E-state index contributed by atoms with van der Waals surface area (Å²) in [5, 5.41) is 0. The summed E-state index contributed by atoms with van der Waals surface area (Å²) >= 11 is 0. The molecule has 150 valence electrons. The average molecular weight is 405 g/mol. The number of anilines is 1. The number of hydrogen-bond acceptors (Lipinski definition) is 6. The molecule has 0 radical (unpaired) electrons. The third-order valence-corrected chi connectivity index (χ3v) is 5.35. The largest absolute Gasteiger partial charge is 0.465 e. The van der Waals surface area contributed by atoms with Crippen LogP contribution in [-0.4, -0.2) is 34.6 Å². The topological polar surface area (TPSA) is 98.8 Å². The molecule has 0 aliphatic carbocycles. The number of esters is 2. The monoisotopic (exact) mass is 405 g/mol. The lowest BCUT2D eigenvalue weighted by molar-refractivity contribution is 0.0587. The molecule has 2 aromatic rings. The fourth-order valence-corrected chi connectivity index (χ4v) is 3.71. The molecule has 0 aliphatic heterocycles. The third kappa shape index (κ3) is 5.10. The van der Waals surface area contributed by atoms with E-state index in [1.54, 1.807) is 12.1 Å². The zero-order valence-electron chi connectivity index (χ0n) is 16.2. The first-order chi connectivity index (χ1) is 13.2. The Morgan fingerprint density at radius 3 is 2.11 bits per heavy atom. The lowest BCUT2D eigenvalue weighted by Crippen LogP contribution is -2.17. The Labute approximate surface area is 164 Å². The van der Waals surface area contributed by atoms with Crippen molar-refractivity contribution in [1.29, 1.82) is 0 Å². The highest BCUT2D eigenvalue weighted by Gasteiger charge is 2.21. The summed E-state index contributed by atoms with van der Waals surface area (Å²) in [5.74, 6) is -0.944. The van der Waals surface area contributed by atoms with Crippen molar-refractivity contribution in [3.8, 4) is 0 Å². The molecule has 0 saturated heterocycles. The Morgan fingerprint density at radius 1 is 0.964 bits per heavy atom. The number of carbonyl (C=O) groups is 2. The van der Waals surface area contributed by atoms with Crippen LogP contribution in [0.15, 0.2) is 47.4 Å². The maximum absolute atomic E-state index is 12.8. The number of rotatable bonds is 7. The van der Waals surface area contributed by atoms with Gasteiger partial charge in [0.25, 0.3) is 10.0 Å². The molecule has 0 aromatic heterocycles. The van der Waals surface area contributed by atoms with Crippen LogP contribution in [0.4, 0.5) is 5.69 Å². The van der Waals surface area contributed by atoms with E-state index in [9.17, 15) is 18.0 Å². The summed E-state index contributed by atoms with van der Waals surface area (Å²) in [7, 11) is -1.59. The number of hydrogen-bond donors (Lipinski definition) is 1. The fourth-order valence-electron chi connectivity index (χ4n) is 2.64. The molecular formula is C20H23NO6S. The molecule has 0 bridgehead atoms. The Balaban J connectivity index is 2.40. The second-order valence-electron chi connectivity index (χ2n) is 6.59. The van der Waals surface area contributed by atoms with Crippen molar-refractivity contribution in [2.24, 2.45) is 5.92 Å². The number of sulfonamides is 1. The van der Waals surface area contributed by atoms with Gasteiger partial charge in [-0.3, -0.25) is 4.72 Å². The van der Waals surface area contributed by atoms with Crippen LogP contribution >= 0.6 is 0 Å². The molecule has 0 heterocycles. The zero-order chi connectivity index (χ0) is 20.9. The van der Waals surface area contributed by atoms with E-state index in [2.05, 4.69) is 28.0 Å². The standard InChI is InChI=1S/C20H23NO6S/c1-13(2)11-14-5-8-16(9-6-14)28(24,25)21-18-12-15(19(22)26-3)7-10-17(18)20(23)27-4/h5-10,12-13,21H,11H2,1-4H3. The minimum atomic E-state index is -3.98. The lowest BCUT2D eigenvalue weighted by atomic mass is 10.0. The predicted molar refractivity (Wildman–Crippen MR) is 105 cm³/mol. The fraction of sp³-hybridized carbons (Fsp3) is 0.300. The molecule has 1 N–H and O–H groups in total. The Hall–Kier alpha value is -2.87. The quantitative estimate of drug-likeness (QED) is 0.710. The van der Waals surface area contributed by atoms with Gasteiger partial charge in [0.2, 0.25) is 0 Å². The number of benzene rings is 2. The summed E-state index contributed by atoms with van der Waals surface area (Å²) in [4.78, 5) is 23.8. The van der Waals surface area contributed by atoms with E-state index >= 15 is 0 Å². The average Bonchev–Trinajstić information content (AvgIpc) is 2.66. The minimum absolute atomic E-state index is 0.0184. The highest BCUT2D eigenvalue weighted by molar-refractivity contribution is 7.92. The van der Waals surface area contributed by atoms with Crippen molar-refractivity contribution in [2.45, 2.75) is 25.2 Å². The second-order valence-corrected chi connectivity index (χ2v) is 8.27. The molecule has 0 spiro atoms. The third-order valence-electron chi connectivity index (χ3n) is 3.97. The van der Waals surface area contributed by atoms with Crippen LogP contribution in [-0.2, 0) is 25.9 Å². The van der Waals surface area contributed by atoms with Gasteiger partial charge >= 0.3 is 11.9 Å². The number of methoxy groups -OCH3 is 2. The first-order valence-electron chi connectivity index (χ1n) is 8.60. The van der Waals surface area contributed by atoms with Gasteiger partial charge in [0, 0.05) is 0 Å². The molecule has 0 unspecified atom stereocenters. The summed E-state index contributed by atoms with van der Waals surface area (Å²) in [5.41, 5.74) is 1.04. The first-order valence-corrected chi connectivity index (χ1v) is 10.1. The Kier molecular flexibility index (Phi) is 6.80. The molecule has 7 nitrogen and oxygen atoms in total. The van der Waals surface area contributed by atoms with E-state index in [-0.39, 0.29) is 21.7 Å². The van der Waals surface area contributed by atoms with Gasteiger partial charge < -0.3 is 9.47 Å². The number of ether oxygens (including phenoxy) is 2. The van der Waals surface area contributed by atoms with Crippen molar-refractivity contribution in [3.63, 3.8) is 0 Å². The van der Waals surface area contributed by atoms with Gasteiger partial charge in [-0.2, -0.15) is 0 Å². The molecule has 2 rings (SSSR count). The van der Waals surface area contributed by atoms with Crippen LogP contribution in [0.5, 0.6) is 0 Å². The zero-order valence-corrected chi connectivity index (χ0v) is 17.0. The van der Waals surface area contributed by atoms with E-state index in [1.165, 1.54) is 44.6 Å². The Bertz CT molecular complexity index is 965. The van der Waals surface area contributed by atoms with Gasteiger partial charge in [0.15, 0.2) is 0 Å². The van der Waals surface area contributed by atoms with Gasteiger partial charge in [-0.05, 0) is 48.2 Å². The van der Waals surface area contributed by atoms with Crippen molar-refractivity contribution in [2.75, 3.05) is 18.9 Å². The SMILES string of the molecule is COC(=O)c1ccc(C(=O)OC)c(NS(=O)(=O)c2ccc(CC(C)C)cc2)c1. The molecular weight excluding hydrogens is 382 g/mol. The molecule has 8 heteroatoms. The summed E-state index contributed by atoms with van der Waals surface area (Å²) in [6, 6.07) is 10.4. The van der Waals surface area contributed by atoms with Crippen molar-refractivity contribution in [3.05, 3.63) is 59.2 Å². The maximum Gasteiger partial charge on any atom is 0.339 e. The molecule has 28 heavy (non-hydrogen) atoms. The van der Waals surface area contributed by atoms with Gasteiger partial charge in [-0.1, -0.05) is 26.0 Å². The van der Waals surface area contributed by atoms with E-state index in [0.29, 0.717) is 5.92 Å². The highest BCUT2D eigenvalue weighted by Crippen LogP contribution is 2.24. The molecule has 0 amide bonds. The van der Waals surface area contributed by atoms with Crippen LogP contribution in [0, 0.1) is 5.92 Å². The van der Waals surface area contributed by atoms with Gasteiger partial charge in [-0.25, -0.2) is 18.0 Å². The lowest BCUT2D eigenvalue weighted by Gasteiger charge is -2.13. The molecule has 0 aliphatic rings. The predicted octanol–water partition coefficient (Wildman–Crippen LogP) is 3.26. The summed E-state index contributed by atoms with van der Waals surface area (Å²) < 4.78 is 37.2. The first kappa shape index (κ1) is 21.4. The van der Waals surface area contributed by atoms with Crippen LogP contribution in [0.2, 0.25) is 0 Å². The molecule has 2 aromatic carbocycles. The highest BCUT2D eigenvalue weighted by atomic mass is 32.2. The van der Waals surface area contributed by atoms with E-state index < -0.39 is 22.0 Å². The van der Waals surface area contributed by atoms with Crippen LogP contribution in [0.3, 0.4) is 0 Å². The normalized spacial score (nSPS) is 11.2. The van der Waals surface area contributed by atoms with E-state index in [1.807, 2.05) is 0 Å². The van der Waals surface area contributed by atoms with Crippen molar-refractivity contribution in [1.82, 2.24) is 0 Å². The van der Waals surface area contributed by atoms with Crippen LogP contribution < -0.4 is 4.72 Å². The van der Waals surface area contributed by atoms with Crippen molar-refractivity contribution < 1.29 is 27.5 Å². The number of nitrogens with one attached hydrogen (secondary N) is 1. The summed E-state index contributed by atoms with van der Waals surface area (Å²) in [6.45, 7) is 4.16. The smallest absolute Gasteiger partial charge is 0.339 e. The maximum atomic E-state index is 12.8. The van der Waals surface area contributed by atoms with Crippen LogP contribution in [0.25, 0.3) is 0 Å². The molecule has 0 fully saturated rings. The van der Waals surface area contributed by atoms with Gasteiger partial charge in [0.05, 0.1) is 35.9 Å². The van der Waals surface area contributed by atoms with E-state index in [4.69, 9.17) is 0 Å². The van der Waals surface area contributed by atoms with Crippen LogP contribution in [0.1, 0.15) is 40.1 Å². The van der Waals surface area contributed by atoms with Gasteiger partial charge in [0.1, 0.15) is 0 Å². The number of carbonyl (C=O) groups excluding carboxylic acids is 2. The summed E-state index contributed by atoms with van der Waals surface area (Å²) in [6.07, 6.45) is 0.835. The van der Waals surface area contributed by atoms with Gasteiger partial charge in [-0.15, -0.1) is 0 Å². The second kappa shape index (κ2) is 8.88. The molecule has 0 saturated carbocycles. The minimum Gasteiger partial charge on any atom is -0.465 e. The Morgan fingerprint density at radius 2 is 1.57 bits per heavy atom. The van der Waals surface area contributed by atoms with E-state index in [0.717, 1.165) is 12.0 Å². The van der Waals surface area contributed by atoms with Crippen molar-refractivity contribution >= 4 is 27.6 Å².